The summed E-state index contributed by atoms with van der Waals surface area (Å²) in [5.41, 5.74) is 1.82. The van der Waals surface area contributed by atoms with Crippen LogP contribution in [0, 0.1) is 0 Å². The lowest BCUT2D eigenvalue weighted by Gasteiger charge is -2.10. The molecule has 1 aliphatic carbocycles. The van der Waals surface area contributed by atoms with Gasteiger partial charge in [-0.3, -0.25) is 9.36 Å². The Kier molecular flexibility index (Phi) is 4.15. The van der Waals surface area contributed by atoms with E-state index < -0.39 is 5.76 Å². The normalized spacial score (nSPS) is 19.2. The first-order chi connectivity index (χ1) is 14.1. The van der Waals surface area contributed by atoms with Crippen LogP contribution in [0.15, 0.2) is 57.0 Å². The molecule has 0 bridgehead atoms. The van der Waals surface area contributed by atoms with Gasteiger partial charge in [0.05, 0.1) is 12.4 Å². The van der Waals surface area contributed by atoms with Gasteiger partial charge >= 0.3 is 5.76 Å². The molecule has 0 N–H and O–H groups in total. The number of hydrogen-bond acceptors (Lipinski definition) is 6. The summed E-state index contributed by atoms with van der Waals surface area (Å²) in [6, 6.07) is 10.3. The Balaban J connectivity index is 1.39. The van der Waals surface area contributed by atoms with Crippen molar-refractivity contribution < 1.29 is 4.42 Å². The maximum Gasteiger partial charge on any atom is 0.437 e. The molecule has 0 saturated heterocycles. The van der Waals surface area contributed by atoms with E-state index in [0.717, 1.165) is 19.3 Å². The van der Waals surface area contributed by atoms with E-state index in [9.17, 15) is 9.59 Å². The summed E-state index contributed by atoms with van der Waals surface area (Å²) in [5, 5.41) is 4.37. The lowest BCUT2D eigenvalue weighted by molar-refractivity contribution is 0.401. The fraction of sp³-hybridized carbons (Fsp3) is 0.350. The molecule has 9 nitrogen and oxygen atoms in total. The number of aromatic nitrogens is 6. The number of aryl methyl sites for hydroxylation is 1. The molecule has 0 radical (unpaired) electrons. The first-order valence-electron chi connectivity index (χ1n) is 9.60. The molecular weight excluding hydrogens is 372 g/mol. The second kappa shape index (κ2) is 6.84. The van der Waals surface area contributed by atoms with Crippen molar-refractivity contribution in [2.24, 2.45) is 7.05 Å². The second-order valence-corrected chi connectivity index (χ2v) is 7.49. The molecule has 1 saturated carbocycles. The molecule has 29 heavy (non-hydrogen) atoms. The van der Waals surface area contributed by atoms with Crippen LogP contribution in [0.3, 0.4) is 0 Å². The lowest BCUT2D eigenvalue weighted by atomic mass is 9.98. The van der Waals surface area contributed by atoms with E-state index in [0.29, 0.717) is 17.1 Å². The van der Waals surface area contributed by atoms with Crippen molar-refractivity contribution >= 4 is 11.2 Å². The minimum Gasteiger partial charge on any atom is -0.390 e. The molecule has 0 amide bonds. The SMILES string of the molecule is Cn1cnc2ncn(Cc3nn(C4CCC(c5ccccc5)C4)c(=O)o3)c(=O)c21. The van der Waals surface area contributed by atoms with Crippen molar-refractivity contribution in [3.05, 3.63) is 75.3 Å². The van der Waals surface area contributed by atoms with Crippen LogP contribution in [0.25, 0.3) is 11.2 Å². The van der Waals surface area contributed by atoms with Gasteiger partial charge in [0.2, 0.25) is 5.89 Å². The zero-order valence-electron chi connectivity index (χ0n) is 15.9. The Labute approximate surface area is 165 Å². The van der Waals surface area contributed by atoms with E-state index in [1.54, 1.807) is 17.9 Å². The molecule has 2 unspecified atom stereocenters. The van der Waals surface area contributed by atoms with Crippen molar-refractivity contribution in [1.29, 1.82) is 0 Å². The third kappa shape index (κ3) is 3.08. The van der Waals surface area contributed by atoms with E-state index in [1.165, 1.54) is 21.1 Å². The van der Waals surface area contributed by atoms with Crippen LogP contribution in [0.2, 0.25) is 0 Å². The third-order valence-electron chi connectivity index (χ3n) is 5.64. The summed E-state index contributed by atoms with van der Waals surface area (Å²) < 4.78 is 9.77. The van der Waals surface area contributed by atoms with Gasteiger partial charge in [-0.05, 0) is 30.7 Å². The van der Waals surface area contributed by atoms with Crippen LogP contribution in [0.5, 0.6) is 0 Å². The van der Waals surface area contributed by atoms with E-state index in [1.807, 2.05) is 18.2 Å². The molecule has 3 heterocycles. The monoisotopic (exact) mass is 392 g/mol. The van der Waals surface area contributed by atoms with E-state index in [2.05, 4.69) is 27.2 Å². The highest BCUT2D eigenvalue weighted by atomic mass is 16.4. The van der Waals surface area contributed by atoms with E-state index in [4.69, 9.17) is 4.42 Å². The van der Waals surface area contributed by atoms with Crippen LogP contribution in [-0.4, -0.2) is 28.9 Å². The van der Waals surface area contributed by atoms with Gasteiger partial charge in [-0.1, -0.05) is 30.3 Å². The molecule has 2 atom stereocenters. The van der Waals surface area contributed by atoms with Crippen LogP contribution < -0.4 is 11.3 Å². The van der Waals surface area contributed by atoms with Crippen molar-refractivity contribution in [3.63, 3.8) is 0 Å². The average molecular weight is 392 g/mol. The first-order valence-corrected chi connectivity index (χ1v) is 9.60. The molecule has 4 aromatic rings. The standard InChI is InChI=1S/C20H20N6O3/c1-24-11-21-18-17(24)19(27)25(12-22-18)10-16-23-26(20(28)29-16)15-8-7-14(9-15)13-5-3-2-4-6-13/h2-6,11-12,14-15H,7-10H2,1H3. The molecule has 1 fully saturated rings. The predicted molar refractivity (Wildman–Crippen MR) is 105 cm³/mol. The van der Waals surface area contributed by atoms with Gasteiger partial charge < -0.3 is 8.98 Å². The summed E-state index contributed by atoms with van der Waals surface area (Å²) >= 11 is 0. The number of benzene rings is 1. The summed E-state index contributed by atoms with van der Waals surface area (Å²) in [6.07, 6.45) is 5.66. The van der Waals surface area contributed by atoms with E-state index in [-0.39, 0.29) is 24.0 Å². The topological polar surface area (TPSA) is 101 Å². The van der Waals surface area contributed by atoms with Crippen LogP contribution in [-0.2, 0) is 13.6 Å². The molecule has 1 aromatic carbocycles. The van der Waals surface area contributed by atoms with E-state index >= 15 is 0 Å². The summed E-state index contributed by atoms with van der Waals surface area (Å²) in [4.78, 5) is 33.3. The van der Waals surface area contributed by atoms with Crippen molar-refractivity contribution in [1.82, 2.24) is 28.9 Å². The molecule has 148 valence electrons. The van der Waals surface area contributed by atoms with Gasteiger partial charge in [0, 0.05) is 7.05 Å². The Hall–Kier alpha value is -3.49. The molecule has 3 aromatic heterocycles. The molecule has 1 aliphatic rings. The Bertz CT molecular complexity index is 1280. The quantitative estimate of drug-likeness (QED) is 0.525. The Morgan fingerprint density at radius 1 is 1.10 bits per heavy atom. The van der Waals surface area contributed by atoms with Gasteiger partial charge in [0.15, 0.2) is 11.2 Å². The van der Waals surface area contributed by atoms with Gasteiger partial charge in [-0.2, -0.15) is 4.68 Å². The molecule has 0 spiro atoms. The minimum absolute atomic E-state index is 0.000364. The van der Waals surface area contributed by atoms with Crippen molar-refractivity contribution in [2.45, 2.75) is 37.8 Å². The summed E-state index contributed by atoms with van der Waals surface area (Å²) in [7, 11) is 1.74. The van der Waals surface area contributed by atoms with Gasteiger partial charge in [-0.25, -0.2) is 14.8 Å². The minimum atomic E-state index is -0.485. The highest BCUT2D eigenvalue weighted by Crippen LogP contribution is 2.39. The van der Waals surface area contributed by atoms with Gasteiger partial charge in [0.1, 0.15) is 12.9 Å². The highest BCUT2D eigenvalue weighted by Gasteiger charge is 2.30. The van der Waals surface area contributed by atoms with Crippen molar-refractivity contribution in [3.8, 4) is 0 Å². The predicted octanol–water partition coefficient (Wildman–Crippen LogP) is 1.84. The van der Waals surface area contributed by atoms with Gasteiger partial charge in [-0.15, -0.1) is 5.10 Å². The molecule has 9 heteroatoms. The van der Waals surface area contributed by atoms with Gasteiger partial charge in [0.25, 0.3) is 5.56 Å². The third-order valence-corrected chi connectivity index (χ3v) is 5.64. The lowest BCUT2D eigenvalue weighted by Crippen LogP contribution is -2.23. The molecule has 0 aliphatic heterocycles. The zero-order valence-corrected chi connectivity index (χ0v) is 15.9. The zero-order chi connectivity index (χ0) is 20.0. The summed E-state index contributed by atoms with van der Waals surface area (Å²) in [5.74, 6) is 0.122. The fourth-order valence-corrected chi connectivity index (χ4v) is 4.16. The van der Waals surface area contributed by atoms with Crippen LogP contribution in [0.4, 0.5) is 0 Å². The number of fused-ring (bicyclic) bond motifs is 1. The Morgan fingerprint density at radius 3 is 2.72 bits per heavy atom. The average Bonchev–Trinajstić information content (AvgIpc) is 3.44. The highest BCUT2D eigenvalue weighted by molar-refractivity contribution is 5.68. The number of rotatable bonds is 4. The first kappa shape index (κ1) is 17.6. The maximum absolute atomic E-state index is 12.7. The maximum atomic E-state index is 12.7. The summed E-state index contributed by atoms with van der Waals surface area (Å²) in [6.45, 7) is 0.0457. The largest absolute Gasteiger partial charge is 0.437 e. The fourth-order valence-electron chi connectivity index (χ4n) is 4.16. The second-order valence-electron chi connectivity index (χ2n) is 7.49. The number of nitrogens with zero attached hydrogens (tertiary/aromatic N) is 6. The Morgan fingerprint density at radius 2 is 1.90 bits per heavy atom. The smallest absolute Gasteiger partial charge is 0.390 e. The van der Waals surface area contributed by atoms with Crippen LogP contribution >= 0.6 is 0 Å². The molecular formula is C20H20N6O3. The number of hydrogen-bond donors (Lipinski definition) is 0. The van der Waals surface area contributed by atoms with Crippen LogP contribution in [0.1, 0.15) is 42.7 Å². The number of imidazole rings is 1. The molecule has 5 rings (SSSR count). The van der Waals surface area contributed by atoms with Crippen molar-refractivity contribution in [2.75, 3.05) is 0 Å².